The molecule has 3 rings (SSSR count). The predicted octanol–water partition coefficient (Wildman–Crippen LogP) is 2.31. The molecular weight excluding hydrogens is 316 g/mol. The van der Waals surface area contributed by atoms with E-state index in [2.05, 4.69) is 15.0 Å². The van der Waals surface area contributed by atoms with Gasteiger partial charge in [-0.05, 0) is 30.7 Å². The molecule has 1 aliphatic heterocycles. The molecule has 0 N–H and O–H groups in total. The summed E-state index contributed by atoms with van der Waals surface area (Å²) < 4.78 is 13.2. The van der Waals surface area contributed by atoms with E-state index in [1.54, 1.807) is 6.33 Å². The zero-order chi connectivity index (χ0) is 16.1. The number of aryl methyl sites for hydroxylation is 1. The van der Waals surface area contributed by atoms with Crippen LogP contribution in [0.25, 0.3) is 0 Å². The van der Waals surface area contributed by atoms with Crippen LogP contribution in [0.1, 0.15) is 18.3 Å². The fraction of sp³-hybridized carbons (Fsp3) is 0.500. The Bertz CT molecular complexity index is 617. The molecule has 124 valence electrons. The van der Waals surface area contributed by atoms with Gasteiger partial charge in [-0.3, -0.25) is 9.58 Å². The molecule has 1 aliphatic rings. The first-order chi connectivity index (χ1) is 11.2. The molecular formula is C16H21ClN4O2. The van der Waals surface area contributed by atoms with Crippen LogP contribution in [0.5, 0.6) is 5.75 Å². The largest absolute Gasteiger partial charge is 0.494 e. The van der Waals surface area contributed by atoms with Gasteiger partial charge in [0, 0.05) is 25.2 Å². The molecule has 2 aromatic rings. The van der Waals surface area contributed by atoms with Gasteiger partial charge in [-0.15, -0.1) is 0 Å². The monoisotopic (exact) mass is 336 g/mol. The van der Waals surface area contributed by atoms with Crippen LogP contribution >= 0.6 is 11.6 Å². The lowest BCUT2D eigenvalue weighted by Crippen LogP contribution is -2.41. The van der Waals surface area contributed by atoms with Crippen molar-refractivity contribution < 1.29 is 9.47 Å². The molecule has 1 fully saturated rings. The van der Waals surface area contributed by atoms with E-state index in [-0.39, 0.29) is 6.04 Å². The Hall–Kier alpha value is -1.63. The van der Waals surface area contributed by atoms with E-state index >= 15 is 0 Å². The first kappa shape index (κ1) is 16.2. The van der Waals surface area contributed by atoms with Crippen LogP contribution in [0.3, 0.4) is 0 Å². The van der Waals surface area contributed by atoms with Gasteiger partial charge in [-0.2, -0.15) is 5.10 Å². The molecule has 6 nitrogen and oxygen atoms in total. The maximum absolute atomic E-state index is 5.87. The Morgan fingerprint density at radius 2 is 2.17 bits per heavy atom. The third-order valence-electron chi connectivity index (χ3n) is 3.96. The second kappa shape index (κ2) is 7.77. The molecule has 0 aliphatic carbocycles. The minimum Gasteiger partial charge on any atom is -0.494 e. The molecule has 1 saturated heterocycles. The maximum atomic E-state index is 5.87. The van der Waals surface area contributed by atoms with Crippen LogP contribution in [-0.2, 0) is 11.8 Å². The number of ether oxygens (including phenoxy) is 2. The average molecular weight is 337 g/mol. The molecule has 0 spiro atoms. The lowest BCUT2D eigenvalue weighted by molar-refractivity contribution is -0.0146. The number of nitrogens with zero attached hydrogens (tertiary/aromatic N) is 4. The van der Waals surface area contributed by atoms with E-state index in [4.69, 9.17) is 21.1 Å². The van der Waals surface area contributed by atoms with Crippen LogP contribution in [0.2, 0.25) is 5.02 Å². The number of halogens is 1. The standard InChI is InChI=1S/C16H21ClN4O2/c1-20-16(18-12-19-20)15-11-22-10-8-21(15)7-2-9-23-14-5-3-13(17)4-6-14/h3-6,12,15H,2,7-11H2,1H3. The predicted molar refractivity (Wildman–Crippen MR) is 87.7 cm³/mol. The number of hydrogen-bond acceptors (Lipinski definition) is 5. The molecule has 0 saturated carbocycles. The van der Waals surface area contributed by atoms with Crippen molar-refractivity contribution in [1.82, 2.24) is 19.7 Å². The van der Waals surface area contributed by atoms with Crippen molar-refractivity contribution in [3.63, 3.8) is 0 Å². The molecule has 0 radical (unpaired) electrons. The Labute approximate surface area is 141 Å². The lowest BCUT2D eigenvalue weighted by Gasteiger charge is -2.34. The van der Waals surface area contributed by atoms with Crippen molar-refractivity contribution in [1.29, 1.82) is 0 Å². The van der Waals surface area contributed by atoms with Crippen molar-refractivity contribution >= 4 is 11.6 Å². The fourth-order valence-electron chi connectivity index (χ4n) is 2.74. The minimum absolute atomic E-state index is 0.159. The zero-order valence-corrected chi connectivity index (χ0v) is 13.9. The third-order valence-corrected chi connectivity index (χ3v) is 4.21. The fourth-order valence-corrected chi connectivity index (χ4v) is 2.86. The second-order valence-corrected chi connectivity index (χ2v) is 5.96. The number of benzene rings is 1. The van der Waals surface area contributed by atoms with E-state index in [1.807, 2.05) is 36.0 Å². The van der Waals surface area contributed by atoms with Gasteiger partial charge < -0.3 is 9.47 Å². The van der Waals surface area contributed by atoms with Crippen LogP contribution in [0, 0.1) is 0 Å². The first-order valence-corrected chi connectivity index (χ1v) is 8.16. The summed E-state index contributed by atoms with van der Waals surface area (Å²) in [5.74, 6) is 1.80. The van der Waals surface area contributed by atoms with Gasteiger partial charge in [0.2, 0.25) is 0 Å². The summed E-state index contributed by atoms with van der Waals surface area (Å²) in [5, 5.41) is 4.88. The summed E-state index contributed by atoms with van der Waals surface area (Å²) in [4.78, 5) is 6.75. The quantitative estimate of drug-likeness (QED) is 0.758. The normalized spacial score (nSPS) is 19.0. The number of hydrogen-bond donors (Lipinski definition) is 0. The molecule has 0 bridgehead atoms. The Morgan fingerprint density at radius 1 is 1.35 bits per heavy atom. The molecule has 1 aromatic carbocycles. The smallest absolute Gasteiger partial charge is 0.146 e. The van der Waals surface area contributed by atoms with Crippen LogP contribution in [0.4, 0.5) is 0 Å². The third kappa shape index (κ3) is 4.22. The average Bonchev–Trinajstić information content (AvgIpc) is 2.99. The van der Waals surface area contributed by atoms with Gasteiger partial charge in [0.25, 0.3) is 0 Å². The Morgan fingerprint density at radius 3 is 2.91 bits per heavy atom. The SMILES string of the molecule is Cn1ncnc1C1COCCN1CCCOc1ccc(Cl)cc1. The Kier molecular flexibility index (Phi) is 5.48. The number of morpholine rings is 1. The highest BCUT2D eigenvalue weighted by Gasteiger charge is 2.27. The van der Waals surface area contributed by atoms with Gasteiger partial charge in [0.15, 0.2) is 0 Å². The molecule has 7 heteroatoms. The van der Waals surface area contributed by atoms with E-state index in [0.29, 0.717) is 13.2 Å². The molecule has 1 unspecified atom stereocenters. The summed E-state index contributed by atoms with van der Waals surface area (Å²) in [6, 6.07) is 7.61. The minimum atomic E-state index is 0.159. The molecule has 0 amide bonds. The van der Waals surface area contributed by atoms with Gasteiger partial charge >= 0.3 is 0 Å². The summed E-state index contributed by atoms with van der Waals surface area (Å²) in [6.07, 6.45) is 2.53. The van der Waals surface area contributed by atoms with Gasteiger partial charge in [0.05, 0.1) is 25.9 Å². The van der Waals surface area contributed by atoms with Gasteiger partial charge in [-0.1, -0.05) is 11.6 Å². The highest BCUT2D eigenvalue weighted by molar-refractivity contribution is 6.30. The molecule has 1 atom stereocenters. The van der Waals surface area contributed by atoms with Crippen LogP contribution in [0.15, 0.2) is 30.6 Å². The summed E-state index contributed by atoms with van der Waals surface area (Å²) in [5.41, 5.74) is 0. The van der Waals surface area contributed by atoms with Gasteiger partial charge in [-0.25, -0.2) is 4.98 Å². The van der Waals surface area contributed by atoms with Crippen molar-refractivity contribution in [2.24, 2.45) is 7.05 Å². The van der Waals surface area contributed by atoms with Crippen molar-refractivity contribution in [2.45, 2.75) is 12.5 Å². The summed E-state index contributed by atoms with van der Waals surface area (Å²) in [6.45, 7) is 3.93. The van der Waals surface area contributed by atoms with E-state index in [1.165, 1.54) is 0 Å². The van der Waals surface area contributed by atoms with E-state index in [0.717, 1.165) is 42.7 Å². The number of aromatic nitrogens is 3. The highest BCUT2D eigenvalue weighted by Crippen LogP contribution is 2.22. The highest BCUT2D eigenvalue weighted by atomic mass is 35.5. The van der Waals surface area contributed by atoms with Crippen LogP contribution < -0.4 is 4.74 Å². The van der Waals surface area contributed by atoms with E-state index < -0.39 is 0 Å². The molecule has 23 heavy (non-hydrogen) atoms. The van der Waals surface area contributed by atoms with Gasteiger partial charge in [0.1, 0.15) is 17.9 Å². The summed E-state index contributed by atoms with van der Waals surface area (Å²) >= 11 is 5.87. The van der Waals surface area contributed by atoms with Crippen LogP contribution in [-0.4, -0.2) is 52.6 Å². The second-order valence-electron chi connectivity index (χ2n) is 5.52. The molecule has 1 aromatic heterocycles. The van der Waals surface area contributed by atoms with Crippen molar-refractivity contribution in [2.75, 3.05) is 32.9 Å². The molecule has 2 heterocycles. The summed E-state index contributed by atoms with van der Waals surface area (Å²) in [7, 11) is 1.92. The maximum Gasteiger partial charge on any atom is 0.146 e. The first-order valence-electron chi connectivity index (χ1n) is 7.78. The van der Waals surface area contributed by atoms with E-state index in [9.17, 15) is 0 Å². The topological polar surface area (TPSA) is 52.4 Å². The lowest BCUT2D eigenvalue weighted by atomic mass is 10.2. The zero-order valence-electron chi connectivity index (χ0n) is 13.2. The number of rotatable bonds is 6. The van der Waals surface area contributed by atoms with Crippen molar-refractivity contribution in [3.8, 4) is 5.75 Å². The Balaban J connectivity index is 1.50. The van der Waals surface area contributed by atoms with Crippen molar-refractivity contribution in [3.05, 3.63) is 41.4 Å².